The lowest BCUT2D eigenvalue weighted by Gasteiger charge is -1.97. The zero-order chi connectivity index (χ0) is 10.3. The molecule has 0 saturated carbocycles. The number of rotatable bonds is 1. The molecule has 1 aliphatic carbocycles. The summed E-state index contributed by atoms with van der Waals surface area (Å²) in [5.74, 6) is -0.102. The molecule has 0 aromatic heterocycles. The topological polar surface area (TPSA) is 60.2 Å². The predicted octanol–water partition coefficient (Wildman–Crippen LogP) is 1.97. The second-order valence-electron chi connectivity index (χ2n) is 3.53. The molecule has 0 N–H and O–H groups in total. The van der Waals surface area contributed by atoms with Crippen LogP contribution in [-0.4, -0.2) is 10.7 Å². The standard InChI is InChI=1S/C10H9NO3/c1-6-5-8-7(10(6)12)3-2-4-9(8)11(13)14/h2-4,6H,5H2,1H3/t6-/m0/s1. The molecule has 1 atom stereocenters. The van der Waals surface area contributed by atoms with E-state index in [1.54, 1.807) is 19.1 Å². The zero-order valence-corrected chi connectivity index (χ0v) is 7.69. The van der Waals surface area contributed by atoms with Gasteiger partial charge in [0.1, 0.15) is 0 Å². The van der Waals surface area contributed by atoms with Gasteiger partial charge in [-0.2, -0.15) is 0 Å². The van der Waals surface area contributed by atoms with Gasteiger partial charge in [0.05, 0.1) is 4.92 Å². The summed E-state index contributed by atoms with van der Waals surface area (Å²) in [6.07, 6.45) is 0.491. The molecule has 0 saturated heterocycles. The first-order valence-electron chi connectivity index (χ1n) is 4.41. The molecule has 4 nitrogen and oxygen atoms in total. The minimum Gasteiger partial charge on any atom is -0.294 e. The maximum absolute atomic E-state index is 11.5. The number of carbonyl (C=O) groups is 1. The predicted molar refractivity (Wildman–Crippen MR) is 50.3 cm³/mol. The molecule has 72 valence electrons. The van der Waals surface area contributed by atoms with Crippen molar-refractivity contribution in [1.82, 2.24) is 0 Å². The second kappa shape index (κ2) is 2.90. The fourth-order valence-corrected chi connectivity index (χ4v) is 1.86. The van der Waals surface area contributed by atoms with Crippen molar-refractivity contribution in [3.05, 3.63) is 39.4 Å². The van der Waals surface area contributed by atoms with Crippen molar-refractivity contribution in [3.8, 4) is 0 Å². The van der Waals surface area contributed by atoms with Crippen LogP contribution in [0.5, 0.6) is 0 Å². The molecular formula is C10H9NO3. The monoisotopic (exact) mass is 191 g/mol. The summed E-state index contributed by atoms with van der Waals surface area (Å²) < 4.78 is 0. The van der Waals surface area contributed by atoms with Crippen molar-refractivity contribution in [2.75, 3.05) is 0 Å². The van der Waals surface area contributed by atoms with Crippen molar-refractivity contribution >= 4 is 11.5 Å². The van der Waals surface area contributed by atoms with Gasteiger partial charge in [-0.25, -0.2) is 0 Å². The Morgan fingerprint density at radius 3 is 2.86 bits per heavy atom. The van der Waals surface area contributed by atoms with E-state index in [9.17, 15) is 14.9 Å². The summed E-state index contributed by atoms with van der Waals surface area (Å²) in [5, 5.41) is 10.7. The minimum atomic E-state index is -0.426. The maximum Gasteiger partial charge on any atom is 0.273 e. The van der Waals surface area contributed by atoms with E-state index >= 15 is 0 Å². The van der Waals surface area contributed by atoms with Gasteiger partial charge in [-0.3, -0.25) is 14.9 Å². The summed E-state index contributed by atoms with van der Waals surface area (Å²) in [6, 6.07) is 4.67. The number of nitro groups is 1. The van der Waals surface area contributed by atoms with Crippen LogP contribution in [-0.2, 0) is 6.42 Å². The molecule has 1 aromatic rings. The molecular weight excluding hydrogens is 182 g/mol. The first-order chi connectivity index (χ1) is 6.61. The number of nitro benzene ring substituents is 1. The van der Waals surface area contributed by atoms with Crippen LogP contribution in [0.2, 0.25) is 0 Å². The summed E-state index contributed by atoms with van der Waals surface area (Å²) in [5.41, 5.74) is 1.18. The molecule has 1 aliphatic rings. The zero-order valence-electron chi connectivity index (χ0n) is 7.69. The van der Waals surface area contributed by atoms with Crippen LogP contribution in [0.25, 0.3) is 0 Å². The number of Topliss-reactive ketones (excluding diaryl/α,β-unsaturated/α-hetero) is 1. The number of hydrogen-bond donors (Lipinski definition) is 0. The number of ketones is 1. The van der Waals surface area contributed by atoms with E-state index in [1.165, 1.54) is 6.07 Å². The quantitative estimate of drug-likeness (QED) is 0.503. The van der Waals surface area contributed by atoms with Crippen molar-refractivity contribution in [1.29, 1.82) is 0 Å². The lowest BCUT2D eigenvalue weighted by molar-refractivity contribution is -0.385. The Kier molecular flexibility index (Phi) is 1.84. The SMILES string of the molecule is C[C@H]1Cc2c(cccc2[N+](=O)[O-])C1=O. The van der Waals surface area contributed by atoms with Crippen LogP contribution >= 0.6 is 0 Å². The number of nitrogens with zero attached hydrogens (tertiary/aromatic N) is 1. The number of carbonyl (C=O) groups excluding carboxylic acids is 1. The van der Waals surface area contributed by atoms with Crippen molar-refractivity contribution in [2.45, 2.75) is 13.3 Å². The second-order valence-corrected chi connectivity index (χ2v) is 3.53. The fourth-order valence-electron chi connectivity index (χ4n) is 1.86. The summed E-state index contributed by atoms with van der Waals surface area (Å²) in [6.45, 7) is 1.80. The Labute approximate surface area is 80.7 Å². The van der Waals surface area contributed by atoms with Crippen molar-refractivity contribution < 1.29 is 9.72 Å². The third-order valence-corrected chi connectivity index (χ3v) is 2.57. The highest BCUT2D eigenvalue weighted by Crippen LogP contribution is 2.32. The van der Waals surface area contributed by atoms with Gasteiger partial charge < -0.3 is 0 Å². The minimum absolute atomic E-state index is 0.0173. The smallest absolute Gasteiger partial charge is 0.273 e. The molecule has 0 spiro atoms. The highest BCUT2D eigenvalue weighted by molar-refractivity contribution is 6.03. The largest absolute Gasteiger partial charge is 0.294 e. The fraction of sp³-hybridized carbons (Fsp3) is 0.300. The van der Waals surface area contributed by atoms with Gasteiger partial charge in [0.15, 0.2) is 5.78 Å². The van der Waals surface area contributed by atoms with Crippen LogP contribution in [0.15, 0.2) is 18.2 Å². The number of benzene rings is 1. The molecule has 14 heavy (non-hydrogen) atoms. The van der Waals surface area contributed by atoms with E-state index in [2.05, 4.69) is 0 Å². The highest BCUT2D eigenvalue weighted by Gasteiger charge is 2.32. The molecule has 0 bridgehead atoms. The van der Waals surface area contributed by atoms with Crippen LogP contribution in [0.4, 0.5) is 5.69 Å². The van der Waals surface area contributed by atoms with Gasteiger partial charge >= 0.3 is 0 Å². The summed E-state index contributed by atoms with van der Waals surface area (Å²) in [7, 11) is 0. The van der Waals surface area contributed by atoms with E-state index in [-0.39, 0.29) is 17.4 Å². The molecule has 1 aromatic carbocycles. The van der Waals surface area contributed by atoms with Gasteiger partial charge in [0.25, 0.3) is 5.69 Å². The molecule has 0 radical (unpaired) electrons. The van der Waals surface area contributed by atoms with Gasteiger partial charge in [0, 0.05) is 23.1 Å². The van der Waals surface area contributed by atoms with Gasteiger partial charge in [0.2, 0.25) is 0 Å². The first-order valence-corrected chi connectivity index (χ1v) is 4.41. The average Bonchev–Trinajstić information content (AvgIpc) is 2.43. The Hall–Kier alpha value is -1.71. The molecule has 0 aliphatic heterocycles. The van der Waals surface area contributed by atoms with Crippen molar-refractivity contribution in [3.63, 3.8) is 0 Å². The normalized spacial score (nSPS) is 19.5. The van der Waals surface area contributed by atoms with Gasteiger partial charge in [-0.05, 0) is 6.42 Å². The van der Waals surface area contributed by atoms with Crippen LogP contribution in [0.1, 0.15) is 22.8 Å². The number of fused-ring (bicyclic) bond motifs is 1. The Bertz CT molecular complexity index is 425. The summed E-state index contributed by atoms with van der Waals surface area (Å²) in [4.78, 5) is 21.8. The first kappa shape index (κ1) is 8.87. The van der Waals surface area contributed by atoms with Gasteiger partial charge in [-0.15, -0.1) is 0 Å². The Balaban J connectivity index is 2.61. The van der Waals surface area contributed by atoms with E-state index in [1.807, 2.05) is 0 Å². The third kappa shape index (κ3) is 1.11. The highest BCUT2D eigenvalue weighted by atomic mass is 16.6. The van der Waals surface area contributed by atoms with Crippen LogP contribution < -0.4 is 0 Å². The van der Waals surface area contributed by atoms with Gasteiger partial charge in [-0.1, -0.05) is 19.1 Å². The molecule has 0 amide bonds. The van der Waals surface area contributed by atoms with Crippen molar-refractivity contribution in [2.24, 2.45) is 5.92 Å². The average molecular weight is 191 g/mol. The lowest BCUT2D eigenvalue weighted by Crippen LogP contribution is -2.02. The third-order valence-electron chi connectivity index (χ3n) is 2.57. The molecule has 2 rings (SSSR count). The van der Waals surface area contributed by atoms with E-state index in [0.29, 0.717) is 17.5 Å². The molecule has 0 heterocycles. The Morgan fingerprint density at radius 1 is 1.50 bits per heavy atom. The number of hydrogen-bond acceptors (Lipinski definition) is 3. The van der Waals surface area contributed by atoms with E-state index in [4.69, 9.17) is 0 Å². The van der Waals surface area contributed by atoms with E-state index in [0.717, 1.165) is 0 Å². The van der Waals surface area contributed by atoms with Crippen LogP contribution in [0.3, 0.4) is 0 Å². The van der Waals surface area contributed by atoms with Crippen LogP contribution in [0, 0.1) is 16.0 Å². The summed E-state index contributed by atoms with van der Waals surface area (Å²) >= 11 is 0. The Morgan fingerprint density at radius 2 is 2.21 bits per heavy atom. The van der Waals surface area contributed by atoms with E-state index < -0.39 is 4.92 Å². The molecule has 4 heteroatoms. The molecule has 0 unspecified atom stereocenters. The lowest BCUT2D eigenvalue weighted by atomic mass is 10.1. The molecule has 0 fully saturated rings. The maximum atomic E-state index is 11.5.